The van der Waals surface area contributed by atoms with Crippen LogP contribution in [0.15, 0.2) is 0 Å². The second-order valence-corrected chi connectivity index (χ2v) is 8.13. The van der Waals surface area contributed by atoms with Crippen LogP contribution in [-0.2, 0) is 9.84 Å². The van der Waals surface area contributed by atoms with Gasteiger partial charge in [-0.2, -0.15) is 79.0 Å². The lowest BCUT2D eigenvalue weighted by atomic mass is 10.0. The van der Waals surface area contributed by atoms with E-state index < -0.39 is 69.2 Å². The van der Waals surface area contributed by atoms with E-state index in [1.807, 2.05) is 0 Å². The summed E-state index contributed by atoms with van der Waals surface area (Å²) in [6.07, 6.45) is -56.7. The highest BCUT2D eigenvalue weighted by Gasteiger charge is 2.92. The number of rotatable bonds is 4. The summed E-state index contributed by atoms with van der Waals surface area (Å²) in [6, 6.07) is 0. The Kier molecular flexibility index (Phi) is 7.04. The predicted molar refractivity (Wildman–Crippen MR) is 59.9 cm³/mol. The van der Waals surface area contributed by atoms with E-state index in [0.29, 0.717) is 0 Å². The molecule has 0 saturated heterocycles. The Balaban J connectivity index is 8.09. The molecule has 0 aromatic carbocycles. The van der Waals surface area contributed by atoms with E-state index in [-0.39, 0.29) is 0 Å². The molecule has 0 N–H and O–H groups in total. The third-order valence-corrected chi connectivity index (χ3v) is 6.70. The highest BCUT2D eigenvalue weighted by molar-refractivity contribution is 7.94. The van der Waals surface area contributed by atoms with Crippen molar-refractivity contribution in [3.63, 3.8) is 0 Å². The summed E-state index contributed by atoms with van der Waals surface area (Å²) in [5, 5.41) is 0. The van der Waals surface area contributed by atoms with Crippen LogP contribution in [0, 0.1) is 0 Å². The largest absolute Gasteiger partial charge is 0.417 e. The van der Waals surface area contributed by atoms with Gasteiger partial charge in [-0.1, -0.05) is 0 Å². The van der Waals surface area contributed by atoms with Crippen molar-refractivity contribution in [2.24, 2.45) is 0 Å². The van der Waals surface area contributed by atoms with Crippen LogP contribution in [0.2, 0.25) is 0 Å². The summed E-state index contributed by atoms with van der Waals surface area (Å²) in [7, 11) is -9.62. The molecule has 0 aliphatic carbocycles. The summed E-state index contributed by atoms with van der Waals surface area (Å²) in [6.45, 7) is 0. The van der Waals surface area contributed by atoms with Crippen LogP contribution in [-0.4, -0.2) is 55.0 Å². The van der Waals surface area contributed by atoms with Crippen molar-refractivity contribution in [3.05, 3.63) is 0 Å². The molecular formula is C10H4F18O2S. The van der Waals surface area contributed by atoms with Crippen molar-refractivity contribution in [1.29, 1.82) is 0 Å². The van der Waals surface area contributed by atoms with Gasteiger partial charge in [-0.05, 0) is 0 Å². The summed E-state index contributed by atoms with van der Waals surface area (Å²) in [5.41, 5.74) is 0. The Bertz CT molecular complexity index is 653. The predicted octanol–water partition coefficient (Wildman–Crippen LogP) is 6.03. The first kappa shape index (κ1) is 29.7. The quantitative estimate of drug-likeness (QED) is 0.416. The lowest BCUT2D eigenvalue weighted by Crippen LogP contribution is -2.75. The topological polar surface area (TPSA) is 34.1 Å². The highest BCUT2D eigenvalue weighted by Crippen LogP contribution is 2.63. The minimum absolute atomic E-state index is 4.99. The Morgan fingerprint density at radius 2 is 0.548 bits per heavy atom. The van der Waals surface area contributed by atoms with Crippen LogP contribution >= 0.6 is 0 Å². The normalized spacial score (nSPS) is 16.6. The molecule has 0 amide bonds. The second kappa shape index (κ2) is 7.35. The fourth-order valence-corrected chi connectivity index (χ4v) is 4.90. The first-order chi connectivity index (χ1) is 12.9. The standard InChI is InChI=1S/C10H4F18O2S/c11-5(12,13)1-3(7(17,18)19,8(20,21)22)31(29,30)4(9(23,24)25,10(26,27)28)2-6(14,15)16/h1-2H2. The van der Waals surface area contributed by atoms with Crippen molar-refractivity contribution in [2.75, 3.05) is 0 Å². The average molecular weight is 530 g/mol. The average Bonchev–Trinajstić information content (AvgIpc) is 2.33. The van der Waals surface area contributed by atoms with E-state index in [1.54, 1.807) is 0 Å². The van der Waals surface area contributed by atoms with E-state index in [0.717, 1.165) is 0 Å². The van der Waals surface area contributed by atoms with Crippen molar-refractivity contribution >= 4 is 9.84 Å². The molecule has 0 unspecified atom stereocenters. The van der Waals surface area contributed by atoms with E-state index >= 15 is 0 Å². The maximum absolute atomic E-state index is 13.0. The maximum Gasteiger partial charge on any atom is 0.417 e. The zero-order chi connectivity index (χ0) is 25.9. The van der Waals surface area contributed by atoms with E-state index in [4.69, 9.17) is 0 Å². The van der Waals surface area contributed by atoms with Crippen LogP contribution < -0.4 is 0 Å². The van der Waals surface area contributed by atoms with Crippen molar-refractivity contribution < 1.29 is 87.4 Å². The second-order valence-electron chi connectivity index (χ2n) is 5.73. The van der Waals surface area contributed by atoms with Gasteiger partial charge in [0.1, 0.15) is 0 Å². The number of alkyl halides is 18. The Hall–Kier alpha value is -1.31. The highest BCUT2D eigenvalue weighted by atomic mass is 32.2. The van der Waals surface area contributed by atoms with E-state index in [1.165, 1.54) is 0 Å². The molecular weight excluding hydrogens is 526 g/mol. The van der Waals surface area contributed by atoms with Gasteiger partial charge >= 0.3 is 37.1 Å². The zero-order valence-electron chi connectivity index (χ0n) is 13.4. The summed E-state index contributed by atoms with van der Waals surface area (Å²) >= 11 is 0. The van der Waals surface area contributed by atoms with Gasteiger partial charge in [0.15, 0.2) is 9.84 Å². The van der Waals surface area contributed by atoms with Gasteiger partial charge in [0.25, 0.3) is 9.49 Å². The van der Waals surface area contributed by atoms with Gasteiger partial charge in [0.2, 0.25) is 0 Å². The van der Waals surface area contributed by atoms with Gasteiger partial charge in [-0.15, -0.1) is 0 Å². The molecule has 0 fully saturated rings. The SMILES string of the molecule is O=S(=O)(C(CC(F)(F)F)(C(F)(F)F)C(F)(F)F)C(CC(F)(F)F)(C(F)(F)F)C(F)(F)F. The number of sulfone groups is 1. The third-order valence-electron chi connectivity index (χ3n) is 3.65. The van der Waals surface area contributed by atoms with Crippen LogP contribution in [0.4, 0.5) is 79.0 Å². The lowest BCUT2D eigenvalue weighted by Gasteiger charge is -2.45. The molecule has 21 heteroatoms. The number of hydrogen-bond donors (Lipinski definition) is 0. The first-order valence-corrected chi connectivity index (χ1v) is 8.04. The molecule has 0 spiro atoms. The van der Waals surface area contributed by atoms with Crippen molar-refractivity contribution in [3.8, 4) is 0 Å². The summed E-state index contributed by atoms with van der Waals surface area (Å²) in [4.78, 5) is 0. The molecule has 2 nitrogen and oxygen atoms in total. The minimum Gasteiger partial charge on any atom is -0.226 e. The van der Waals surface area contributed by atoms with Crippen LogP contribution in [0.3, 0.4) is 0 Å². The molecule has 31 heavy (non-hydrogen) atoms. The minimum atomic E-state index is -9.62. The summed E-state index contributed by atoms with van der Waals surface area (Å²) < 4.78 is 238. The molecule has 0 bridgehead atoms. The molecule has 0 radical (unpaired) electrons. The zero-order valence-corrected chi connectivity index (χ0v) is 14.3. The Morgan fingerprint density at radius 1 is 0.387 bits per heavy atom. The van der Waals surface area contributed by atoms with Gasteiger partial charge < -0.3 is 0 Å². The van der Waals surface area contributed by atoms with Crippen LogP contribution in [0.5, 0.6) is 0 Å². The summed E-state index contributed by atoms with van der Waals surface area (Å²) in [5.74, 6) is 0. The van der Waals surface area contributed by atoms with Gasteiger partial charge in [0, 0.05) is 0 Å². The van der Waals surface area contributed by atoms with Gasteiger partial charge in [0.05, 0.1) is 12.8 Å². The molecule has 0 aliphatic rings. The van der Waals surface area contributed by atoms with Crippen LogP contribution in [0.25, 0.3) is 0 Å². The fraction of sp³-hybridized carbons (Fsp3) is 1.00. The van der Waals surface area contributed by atoms with Crippen molar-refractivity contribution in [2.45, 2.75) is 59.4 Å². The van der Waals surface area contributed by atoms with Gasteiger partial charge in [-0.3, -0.25) is 0 Å². The monoisotopic (exact) mass is 530 g/mol. The first-order valence-electron chi connectivity index (χ1n) is 6.56. The molecule has 0 saturated carbocycles. The molecule has 0 rings (SSSR count). The lowest BCUT2D eigenvalue weighted by molar-refractivity contribution is -0.307. The third kappa shape index (κ3) is 4.88. The van der Waals surface area contributed by atoms with Gasteiger partial charge in [-0.25, -0.2) is 8.42 Å². The Morgan fingerprint density at radius 3 is 0.645 bits per heavy atom. The maximum atomic E-state index is 13.0. The molecule has 0 aliphatic heterocycles. The number of hydrogen-bond acceptors (Lipinski definition) is 2. The molecule has 0 aromatic heterocycles. The van der Waals surface area contributed by atoms with E-state index in [2.05, 4.69) is 0 Å². The molecule has 0 atom stereocenters. The number of halogens is 18. The van der Waals surface area contributed by atoms with E-state index in [9.17, 15) is 87.4 Å². The molecule has 0 aromatic rings. The fourth-order valence-electron chi connectivity index (χ4n) is 2.38. The molecule has 0 heterocycles. The smallest absolute Gasteiger partial charge is 0.226 e. The van der Waals surface area contributed by atoms with Crippen LogP contribution in [0.1, 0.15) is 12.8 Å². The molecule has 188 valence electrons. The van der Waals surface area contributed by atoms with Crippen molar-refractivity contribution in [1.82, 2.24) is 0 Å². The Labute approximate surface area is 158 Å².